The van der Waals surface area contributed by atoms with E-state index in [1.807, 2.05) is 0 Å². The summed E-state index contributed by atoms with van der Waals surface area (Å²) in [6, 6.07) is 10.7. The SMILES string of the molecule is c1ccc(CC2(CN3CCCCC3)COCCO2)cc1. The topological polar surface area (TPSA) is 21.7 Å². The molecule has 1 aromatic carbocycles. The molecule has 2 saturated heterocycles. The summed E-state index contributed by atoms with van der Waals surface area (Å²) in [4.78, 5) is 2.56. The predicted molar refractivity (Wildman–Crippen MR) is 79.9 cm³/mol. The highest BCUT2D eigenvalue weighted by Crippen LogP contribution is 2.25. The minimum absolute atomic E-state index is 0.156. The highest BCUT2D eigenvalue weighted by molar-refractivity contribution is 5.17. The molecule has 2 aliphatic heterocycles. The first-order chi connectivity index (χ1) is 9.86. The van der Waals surface area contributed by atoms with E-state index < -0.39 is 0 Å². The predicted octanol–water partition coefficient (Wildman–Crippen LogP) is 2.50. The molecule has 2 heterocycles. The highest BCUT2D eigenvalue weighted by atomic mass is 16.6. The van der Waals surface area contributed by atoms with Crippen molar-refractivity contribution in [3.63, 3.8) is 0 Å². The van der Waals surface area contributed by atoms with Gasteiger partial charge in [0, 0.05) is 13.0 Å². The van der Waals surface area contributed by atoms with Crippen LogP contribution in [0, 0.1) is 0 Å². The van der Waals surface area contributed by atoms with Crippen molar-refractivity contribution < 1.29 is 9.47 Å². The summed E-state index contributed by atoms with van der Waals surface area (Å²) in [6.45, 7) is 5.59. The van der Waals surface area contributed by atoms with Crippen LogP contribution < -0.4 is 0 Å². The highest BCUT2D eigenvalue weighted by Gasteiger charge is 2.36. The Labute approximate surface area is 121 Å². The molecule has 0 aromatic heterocycles. The van der Waals surface area contributed by atoms with Crippen LogP contribution in [0.4, 0.5) is 0 Å². The van der Waals surface area contributed by atoms with Crippen molar-refractivity contribution in [2.45, 2.75) is 31.3 Å². The largest absolute Gasteiger partial charge is 0.376 e. The van der Waals surface area contributed by atoms with Crippen molar-refractivity contribution in [2.75, 3.05) is 39.5 Å². The quantitative estimate of drug-likeness (QED) is 0.843. The van der Waals surface area contributed by atoms with Gasteiger partial charge < -0.3 is 14.4 Å². The molecular weight excluding hydrogens is 250 g/mol. The van der Waals surface area contributed by atoms with Gasteiger partial charge in [0.2, 0.25) is 0 Å². The fourth-order valence-corrected chi connectivity index (χ4v) is 3.36. The zero-order chi connectivity index (χ0) is 13.7. The second-order valence-electron chi connectivity index (χ2n) is 6.08. The van der Waals surface area contributed by atoms with Crippen molar-refractivity contribution in [1.29, 1.82) is 0 Å². The van der Waals surface area contributed by atoms with Crippen LogP contribution >= 0.6 is 0 Å². The van der Waals surface area contributed by atoms with Crippen molar-refractivity contribution in [1.82, 2.24) is 4.90 Å². The molecule has 3 heteroatoms. The monoisotopic (exact) mass is 275 g/mol. The molecule has 0 aliphatic carbocycles. The van der Waals surface area contributed by atoms with Gasteiger partial charge in [0.05, 0.1) is 19.8 Å². The molecule has 0 bridgehead atoms. The molecule has 3 nitrogen and oxygen atoms in total. The van der Waals surface area contributed by atoms with Crippen molar-refractivity contribution in [2.24, 2.45) is 0 Å². The number of piperidine rings is 1. The van der Waals surface area contributed by atoms with Gasteiger partial charge in [-0.15, -0.1) is 0 Å². The third-order valence-electron chi connectivity index (χ3n) is 4.33. The van der Waals surface area contributed by atoms with Crippen molar-refractivity contribution >= 4 is 0 Å². The van der Waals surface area contributed by atoms with E-state index in [1.165, 1.54) is 37.9 Å². The van der Waals surface area contributed by atoms with Gasteiger partial charge in [-0.2, -0.15) is 0 Å². The summed E-state index contributed by atoms with van der Waals surface area (Å²) in [7, 11) is 0. The van der Waals surface area contributed by atoms with Crippen LogP contribution in [0.15, 0.2) is 30.3 Å². The third kappa shape index (κ3) is 3.60. The second-order valence-corrected chi connectivity index (χ2v) is 6.08. The minimum atomic E-state index is -0.156. The molecule has 3 rings (SSSR count). The smallest absolute Gasteiger partial charge is 0.108 e. The van der Waals surface area contributed by atoms with Gasteiger partial charge in [-0.3, -0.25) is 0 Å². The summed E-state index contributed by atoms with van der Waals surface area (Å²) in [5, 5.41) is 0. The summed E-state index contributed by atoms with van der Waals surface area (Å²) in [5.74, 6) is 0. The molecule has 2 fully saturated rings. The Kier molecular flexibility index (Phi) is 4.71. The average molecular weight is 275 g/mol. The van der Waals surface area contributed by atoms with Gasteiger partial charge in [0.15, 0.2) is 0 Å². The summed E-state index contributed by atoms with van der Waals surface area (Å²) >= 11 is 0. The molecule has 0 radical (unpaired) electrons. The fourth-order valence-electron chi connectivity index (χ4n) is 3.36. The first kappa shape index (κ1) is 14.1. The van der Waals surface area contributed by atoms with Crippen molar-refractivity contribution in [3.05, 3.63) is 35.9 Å². The molecule has 0 spiro atoms. The van der Waals surface area contributed by atoms with Gasteiger partial charge >= 0.3 is 0 Å². The van der Waals surface area contributed by atoms with Crippen LogP contribution in [-0.2, 0) is 15.9 Å². The van der Waals surface area contributed by atoms with E-state index in [0.717, 1.165) is 32.8 Å². The number of hydrogen-bond acceptors (Lipinski definition) is 3. The summed E-state index contributed by atoms with van der Waals surface area (Å²) < 4.78 is 12.0. The van der Waals surface area contributed by atoms with E-state index in [0.29, 0.717) is 0 Å². The number of nitrogens with zero attached hydrogens (tertiary/aromatic N) is 1. The molecule has 0 saturated carbocycles. The lowest BCUT2D eigenvalue weighted by atomic mass is 9.93. The van der Waals surface area contributed by atoms with Crippen LogP contribution in [0.1, 0.15) is 24.8 Å². The standard InChI is InChI=1S/C17H25NO2/c1-3-7-16(8-4-1)13-17(15-19-11-12-20-17)14-18-9-5-2-6-10-18/h1,3-4,7-8H,2,5-6,9-15H2. The minimum Gasteiger partial charge on any atom is -0.376 e. The molecule has 2 aliphatic rings. The Bertz CT molecular complexity index is 395. The lowest BCUT2D eigenvalue weighted by Gasteiger charge is -2.42. The summed E-state index contributed by atoms with van der Waals surface area (Å²) in [6.07, 6.45) is 4.97. The van der Waals surface area contributed by atoms with E-state index in [9.17, 15) is 0 Å². The van der Waals surface area contributed by atoms with Gasteiger partial charge in [-0.25, -0.2) is 0 Å². The maximum Gasteiger partial charge on any atom is 0.108 e. The van der Waals surface area contributed by atoms with Gasteiger partial charge in [0.1, 0.15) is 5.60 Å². The molecule has 0 N–H and O–H groups in total. The molecule has 110 valence electrons. The van der Waals surface area contributed by atoms with Gasteiger partial charge in [-0.1, -0.05) is 36.8 Å². The molecule has 1 unspecified atom stereocenters. The first-order valence-corrected chi connectivity index (χ1v) is 7.84. The molecule has 1 aromatic rings. The van der Waals surface area contributed by atoms with Crippen LogP contribution in [0.25, 0.3) is 0 Å². The van der Waals surface area contributed by atoms with Crippen LogP contribution in [0.3, 0.4) is 0 Å². The third-order valence-corrected chi connectivity index (χ3v) is 4.33. The fraction of sp³-hybridized carbons (Fsp3) is 0.647. The zero-order valence-electron chi connectivity index (χ0n) is 12.2. The van der Waals surface area contributed by atoms with Crippen LogP contribution in [-0.4, -0.2) is 50.0 Å². The van der Waals surface area contributed by atoms with Crippen molar-refractivity contribution in [3.8, 4) is 0 Å². The number of rotatable bonds is 4. The Hall–Kier alpha value is -0.900. The maximum atomic E-state index is 6.21. The van der Waals surface area contributed by atoms with E-state index >= 15 is 0 Å². The van der Waals surface area contributed by atoms with Crippen LogP contribution in [0.5, 0.6) is 0 Å². The normalized spacial score (nSPS) is 28.4. The number of hydrogen-bond donors (Lipinski definition) is 0. The Morgan fingerprint density at radius 3 is 2.50 bits per heavy atom. The summed E-state index contributed by atoms with van der Waals surface area (Å²) in [5.41, 5.74) is 1.19. The number of ether oxygens (including phenoxy) is 2. The Morgan fingerprint density at radius 1 is 1.00 bits per heavy atom. The van der Waals surface area contributed by atoms with Gasteiger partial charge in [0.25, 0.3) is 0 Å². The molecule has 20 heavy (non-hydrogen) atoms. The lowest BCUT2D eigenvalue weighted by Crippen LogP contribution is -2.54. The number of likely N-dealkylation sites (tertiary alicyclic amines) is 1. The van der Waals surface area contributed by atoms with Gasteiger partial charge in [-0.05, 0) is 31.5 Å². The average Bonchev–Trinajstić information content (AvgIpc) is 2.50. The molecule has 0 amide bonds. The lowest BCUT2D eigenvalue weighted by molar-refractivity contribution is -0.166. The number of benzene rings is 1. The van der Waals surface area contributed by atoms with E-state index in [4.69, 9.17) is 9.47 Å². The van der Waals surface area contributed by atoms with E-state index in [-0.39, 0.29) is 5.60 Å². The second kappa shape index (κ2) is 6.70. The van der Waals surface area contributed by atoms with E-state index in [2.05, 4.69) is 35.2 Å². The maximum absolute atomic E-state index is 6.21. The first-order valence-electron chi connectivity index (χ1n) is 7.84. The van der Waals surface area contributed by atoms with Crippen LogP contribution in [0.2, 0.25) is 0 Å². The Morgan fingerprint density at radius 2 is 1.80 bits per heavy atom. The van der Waals surface area contributed by atoms with E-state index in [1.54, 1.807) is 0 Å². The molecule has 1 atom stereocenters. The zero-order valence-corrected chi connectivity index (χ0v) is 12.2. The molecular formula is C17H25NO2. The Balaban J connectivity index is 1.70.